The lowest BCUT2D eigenvalue weighted by atomic mass is 9.87. The monoisotopic (exact) mass is 322 g/mol. The molecule has 0 radical (unpaired) electrons. The molecule has 1 heterocycles. The van der Waals surface area contributed by atoms with Gasteiger partial charge in [0.2, 0.25) is 0 Å². The molecular formula is C15H18ClF3S. The van der Waals surface area contributed by atoms with Gasteiger partial charge < -0.3 is 12.4 Å². The van der Waals surface area contributed by atoms with Crippen LogP contribution in [0.2, 0.25) is 0 Å². The van der Waals surface area contributed by atoms with Gasteiger partial charge in [-0.2, -0.15) is 0 Å². The smallest absolute Gasteiger partial charge is 0.600 e. The topological polar surface area (TPSA) is 0 Å². The van der Waals surface area contributed by atoms with Crippen LogP contribution in [-0.4, -0.2) is 0 Å². The zero-order valence-corrected chi connectivity index (χ0v) is 13.5. The molecule has 0 aliphatic rings. The van der Waals surface area contributed by atoms with Gasteiger partial charge in [0.15, 0.2) is 9.58 Å². The van der Waals surface area contributed by atoms with Gasteiger partial charge in [0, 0.05) is 23.9 Å². The number of hydrogen-bond acceptors (Lipinski definition) is 0. The van der Waals surface area contributed by atoms with Crippen LogP contribution in [0.25, 0.3) is 10.1 Å². The molecule has 0 saturated heterocycles. The highest BCUT2D eigenvalue weighted by molar-refractivity contribution is 7.38. The summed E-state index contributed by atoms with van der Waals surface area (Å²) in [6.45, 7) is 7.84. The first-order chi connectivity index (χ1) is 8.64. The zero-order chi connectivity index (χ0) is 14.4. The van der Waals surface area contributed by atoms with E-state index < -0.39 is 16.0 Å². The number of rotatable bonds is 1. The fraction of sp³-hybridized carbons (Fsp3) is 0.467. The fourth-order valence-corrected chi connectivity index (χ4v) is 4.16. The van der Waals surface area contributed by atoms with Gasteiger partial charge in [0.05, 0.1) is 10.5 Å². The standard InChI is InChI=1S/C15H18F3S.ClH/c1-5-12-8-10-6-7-11(14(2,3)4)9-13(10)19(12)15(16,17)18;/h6-9H,5H2,1-4H3;1H/q+1;/p-1. The predicted octanol–water partition coefficient (Wildman–Crippen LogP) is 2.93. The van der Waals surface area contributed by atoms with Crippen LogP contribution in [-0.2, 0) is 17.3 Å². The minimum absolute atomic E-state index is 0. The quantitative estimate of drug-likeness (QED) is 0.708. The maximum absolute atomic E-state index is 13.3. The minimum atomic E-state index is -4.18. The lowest BCUT2D eigenvalue weighted by molar-refractivity contribution is -0.0867. The van der Waals surface area contributed by atoms with E-state index in [0.717, 1.165) is 10.9 Å². The Morgan fingerprint density at radius 2 is 1.65 bits per heavy atom. The summed E-state index contributed by atoms with van der Waals surface area (Å²) in [5, 5.41) is 0.727. The molecule has 20 heavy (non-hydrogen) atoms. The van der Waals surface area contributed by atoms with Crippen LogP contribution in [0.4, 0.5) is 13.2 Å². The normalized spacial score (nSPS) is 13.4. The molecule has 2 aromatic rings. The van der Waals surface area contributed by atoms with E-state index in [1.165, 1.54) is 0 Å². The largest absolute Gasteiger partial charge is 1.00 e. The summed E-state index contributed by atoms with van der Waals surface area (Å²) in [7, 11) is -1.74. The van der Waals surface area contributed by atoms with Crippen molar-refractivity contribution in [2.45, 2.75) is 45.0 Å². The Labute approximate surface area is 126 Å². The average molecular weight is 323 g/mol. The molecule has 0 aliphatic carbocycles. The Hall–Kier alpha value is -0.740. The fourth-order valence-electron chi connectivity index (χ4n) is 2.19. The van der Waals surface area contributed by atoms with Gasteiger partial charge >= 0.3 is 5.51 Å². The Morgan fingerprint density at radius 3 is 2.10 bits per heavy atom. The molecule has 0 N–H and O–H groups in total. The lowest BCUT2D eigenvalue weighted by Gasteiger charge is -2.18. The summed E-state index contributed by atoms with van der Waals surface area (Å²) >= 11 is 0. The average Bonchev–Trinajstić information content (AvgIpc) is 2.64. The molecule has 0 bridgehead atoms. The molecule has 1 atom stereocenters. The van der Waals surface area contributed by atoms with Crippen molar-refractivity contribution in [1.82, 2.24) is 0 Å². The highest BCUT2D eigenvalue weighted by atomic mass is 35.5. The van der Waals surface area contributed by atoms with Crippen molar-refractivity contribution < 1.29 is 25.6 Å². The number of benzene rings is 1. The molecule has 0 spiro atoms. The molecule has 0 fully saturated rings. The molecule has 5 heteroatoms. The van der Waals surface area contributed by atoms with Gasteiger partial charge in [0.25, 0.3) is 0 Å². The Morgan fingerprint density at radius 1 is 1.05 bits per heavy atom. The van der Waals surface area contributed by atoms with Crippen LogP contribution in [0.3, 0.4) is 0 Å². The minimum Gasteiger partial charge on any atom is -1.00 e. The molecule has 0 saturated carbocycles. The number of thiophene rings is 1. The first-order valence-corrected chi connectivity index (χ1v) is 7.53. The van der Waals surface area contributed by atoms with E-state index in [-0.39, 0.29) is 17.8 Å². The summed E-state index contributed by atoms with van der Waals surface area (Å²) in [5.74, 6) is 0. The van der Waals surface area contributed by atoms with Gasteiger partial charge in [-0.25, -0.2) is 0 Å². The molecule has 2 rings (SSSR count). The highest BCUT2D eigenvalue weighted by Crippen LogP contribution is 2.51. The molecular weight excluding hydrogens is 305 g/mol. The maximum Gasteiger partial charge on any atom is 0.600 e. The van der Waals surface area contributed by atoms with Crippen LogP contribution in [0.5, 0.6) is 0 Å². The number of halogens is 4. The van der Waals surface area contributed by atoms with E-state index >= 15 is 0 Å². The summed E-state index contributed by atoms with van der Waals surface area (Å²) in [5.41, 5.74) is -3.35. The third-order valence-electron chi connectivity index (χ3n) is 3.26. The van der Waals surface area contributed by atoms with Gasteiger partial charge in [-0.15, -0.1) is 13.2 Å². The van der Waals surface area contributed by atoms with Crippen molar-refractivity contribution in [3.8, 4) is 0 Å². The third-order valence-corrected chi connectivity index (χ3v) is 5.45. The Balaban J connectivity index is 0.00000200. The van der Waals surface area contributed by atoms with Crippen molar-refractivity contribution in [2.75, 3.05) is 0 Å². The molecule has 0 amide bonds. The van der Waals surface area contributed by atoms with Gasteiger partial charge in [0.1, 0.15) is 0 Å². The van der Waals surface area contributed by atoms with E-state index in [1.807, 2.05) is 32.9 Å². The van der Waals surface area contributed by atoms with E-state index in [4.69, 9.17) is 0 Å². The number of aryl methyl sites for hydroxylation is 1. The molecule has 1 aromatic carbocycles. The van der Waals surface area contributed by atoms with Crippen LogP contribution in [0.15, 0.2) is 24.3 Å². The van der Waals surface area contributed by atoms with E-state index in [2.05, 4.69) is 0 Å². The van der Waals surface area contributed by atoms with Gasteiger partial charge in [-0.05, 0) is 17.0 Å². The number of fused-ring (bicyclic) bond motifs is 1. The van der Waals surface area contributed by atoms with Crippen molar-refractivity contribution in [3.05, 3.63) is 34.7 Å². The summed E-state index contributed by atoms with van der Waals surface area (Å²) in [4.78, 5) is 0.494. The first-order valence-electron chi connectivity index (χ1n) is 6.31. The summed E-state index contributed by atoms with van der Waals surface area (Å²) in [6, 6.07) is 7.21. The zero-order valence-electron chi connectivity index (χ0n) is 11.9. The third kappa shape index (κ3) is 3.12. The molecule has 1 unspecified atom stereocenters. The van der Waals surface area contributed by atoms with Gasteiger partial charge in [-0.1, -0.05) is 33.8 Å². The van der Waals surface area contributed by atoms with Crippen molar-refractivity contribution >= 4 is 20.6 Å². The second-order valence-corrected chi connectivity index (χ2v) is 7.76. The van der Waals surface area contributed by atoms with Crippen molar-refractivity contribution in [1.29, 1.82) is 0 Å². The SMILES string of the molecule is CCc1cc2ccc(C(C)(C)C)cc2[s+]1C(F)(F)F.[Cl-]. The summed E-state index contributed by atoms with van der Waals surface area (Å²) < 4.78 is 40.3. The molecule has 0 nitrogen and oxygen atoms in total. The van der Waals surface area contributed by atoms with Crippen molar-refractivity contribution in [2.24, 2.45) is 0 Å². The van der Waals surface area contributed by atoms with E-state index in [0.29, 0.717) is 16.0 Å². The molecule has 1 aromatic heterocycles. The van der Waals surface area contributed by atoms with Crippen LogP contribution in [0.1, 0.15) is 38.1 Å². The molecule has 112 valence electrons. The Kier molecular flexibility index (Phi) is 4.82. The second-order valence-electron chi connectivity index (χ2n) is 5.72. The number of alkyl halides is 3. The first kappa shape index (κ1) is 17.3. The van der Waals surface area contributed by atoms with Crippen molar-refractivity contribution in [3.63, 3.8) is 0 Å². The van der Waals surface area contributed by atoms with E-state index in [1.54, 1.807) is 19.1 Å². The predicted molar refractivity (Wildman–Crippen MR) is 75.8 cm³/mol. The maximum atomic E-state index is 13.3. The van der Waals surface area contributed by atoms with E-state index in [9.17, 15) is 13.2 Å². The Bertz CT molecular complexity index is 606. The second kappa shape index (κ2) is 5.57. The highest BCUT2D eigenvalue weighted by Gasteiger charge is 2.47. The summed E-state index contributed by atoms with van der Waals surface area (Å²) in [6.07, 6.45) is 0.447. The van der Waals surface area contributed by atoms with Crippen LogP contribution in [0, 0.1) is 0 Å². The van der Waals surface area contributed by atoms with Crippen LogP contribution >= 0.6 is 10.5 Å². The van der Waals surface area contributed by atoms with Gasteiger partial charge in [-0.3, -0.25) is 0 Å². The van der Waals surface area contributed by atoms with Crippen LogP contribution < -0.4 is 12.4 Å². The molecule has 0 aliphatic heterocycles. The lowest BCUT2D eigenvalue weighted by Crippen LogP contribution is -3.00. The number of hydrogen-bond donors (Lipinski definition) is 0.